The van der Waals surface area contributed by atoms with Crippen LogP contribution in [0.4, 0.5) is 17.5 Å². The van der Waals surface area contributed by atoms with E-state index in [2.05, 4.69) is 46.7 Å². The van der Waals surface area contributed by atoms with Gasteiger partial charge in [0.1, 0.15) is 22.9 Å². The maximum absolute atomic E-state index is 9.51. The number of unbranched alkanes of at least 4 members (excludes halogenated alkanes) is 1. The Kier molecular flexibility index (Phi) is 11.0. The highest BCUT2D eigenvalue weighted by atomic mass is 16.5. The van der Waals surface area contributed by atoms with Gasteiger partial charge in [0.15, 0.2) is 5.82 Å². The van der Waals surface area contributed by atoms with Crippen LogP contribution in [0.15, 0.2) is 17.1 Å². The van der Waals surface area contributed by atoms with E-state index in [0.29, 0.717) is 48.8 Å². The van der Waals surface area contributed by atoms with Crippen LogP contribution in [0.5, 0.6) is 11.5 Å². The smallest absolute Gasteiger partial charge is 0.222 e. The molecule has 0 bridgehead atoms. The summed E-state index contributed by atoms with van der Waals surface area (Å²) in [6, 6.07) is 4.70. The van der Waals surface area contributed by atoms with Crippen molar-refractivity contribution < 1.29 is 14.6 Å². The second-order valence-electron chi connectivity index (χ2n) is 10.0. The Balaban J connectivity index is 1.82. The van der Waals surface area contributed by atoms with Gasteiger partial charge in [0.2, 0.25) is 5.95 Å². The first-order chi connectivity index (χ1) is 18.3. The number of rotatable bonds is 13. The number of likely N-dealkylation sites (tertiary alicyclic amines) is 1. The minimum absolute atomic E-state index is 0.00898. The Morgan fingerprint density at radius 3 is 2.45 bits per heavy atom. The lowest BCUT2D eigenvalue weighted by molar-refractivity contribution is 0.171. The number of aliphatic hydroxyl groups is 1. The van der Waals surface area contributed by atoms with Crippen molar-refractivity contribution in [2.45, 2.75) is 65.0 Å². The molecule has 1 aromatic heterocycles. The standard InChI is InChI=1S/C28H45N7O3/c1-6-7-10-35(13-14-36)27-26(29)23(32-28(30)33-27)18-31-17-21-15-25(38-5)22(16-24(21)37-4)20-8-11-34(12-9-20)19(2)3/h15-16,18-20,36H,6-14,17,29H2,1-5H3,(H2,30,32,33). The predicted molar refractivity (Wildman–Crippen MR) is 155 cm³/mol. The minimum Gasteiger partial charge on any atom is -0.496 e. The minimum atomic E-state index is -0.00898. The van der Waals surface area contributed by atoms with Crippen molar-refractivity contribution >= 4 is 23.7 Å². The maximum Gasteiger partial charge on any atom is 0.222 e. The zero-order valence-corrected chi connectivity index (χ0v) is 23.6. The molecule has 2 heterocycles. The Morgan fingerprint density at radius 2 is 1.84 bits per heavy atom. The molecular weight excluding hydrogens is 482 g/mol. The lowest BCUT2D eigenvalue weighted by Gasteiger charge is -2.35. The van der Waals surface area contributed by atoms with Crippen molar-refractivity contribution in [3.63, 3.8) is 0 Å². The van der Waals surface area contributed by atoms with Crippen LogP contribution < -0.4 is 25.8 Å². The third-order valence-electron chi connectivity index (χ3n) is 7.23. The third-order valence-corrected chi connectivity index (χ3v) is 7.23. The van der Waals surface area contributed by atoms with E-state index in [1.54, 1.807) is 20.4 Å². The van der Waals surface area contributed by atoms with E-state index < -0.39 is 0 Å². The molecule has 0 atom stereocenters. The van der Waals surface area contributed by atoms with Crippen LogP contribution in [0.1, 0.15) is 69.2 Å². The third kappa shape index (κ3) is 7.26. The zero-order valence-electron chi connectivity index (χ0n) is 23.6. The summed E-state index contributed by atoms with van der Waals surface area (Å²) in [5.41, 5.74) is 15.4. The van der Waals surface area contributed by atoms with Crippen molar-refractivity contribution in [3.05, 3.63) is 29.0 Å². The van der Waals surface area contributed by atoms with Crippen LogP contribution in [0.2, 0.25) is 0 Å². The summed E-state index contributed by atoms with van der Waals surface area (Å²) in [4.78, 5) is 17.7. The Bertz CT molecular complexity index is 1070. The molecule has 1 aromatic carbocycles. The van der Waals surface area contributed by atoms with Gasteiger partial charge in [-0.25, -0.2) is 4.98 Å². The molecule has 1 aliphatic rings. The molecule has 2 aromatic rings. The molecule has 0 spiro atoms. The van der Waals surface area contributed by atoms with Gasteiger partial charge in [0, 0.05) is 36.5 Å². The topological polar surface area (TPSA) is 135 Å². The highest BCUT2D eigenvalue weighted by Gasteiger charge is 2.25. The summed E-state index contributed by atoms with van der Waals surface area (Å²) in [6.45, 7) is 10.3. The molecule has 0 unspecified atom stereocenters. The number of aliphatic hydroxyl groups excluding tert-OH is 1. The number of nitrogens with zero attached hydrogens (tertiary/aromatic N) is 5. The summed E-state index contributed by atoms with van der Waals surface area (Å²) in [5.74, 6) is 2.72. The lowest BCUT2D eigenvalue weighted by atomic mass is 9.87. The van der Waals surface area contributed by atoms with Gasteiger partial charge in [-0.15, -0.1) is 0 Å². The van der Waals surface area contributed by atoms with Gasteiger partial charge in [-0.05, 0) is 64.3 Å². The first-order valence-electron chi connectivity index (χ1n) is 13.6. The number of ether oxygens (including phenoxy) is 2. The van der Waals surface area contributed by atoms with Crippen LogP contribution in [-0.4, -0.2) is 79.2 Å². The highest BCUT2D eigenvalue weighted by molar-refractivity contribution is 5.89. The number of aliphatic imine (C=N–C) groups is 1. The van der Waals surface area contributed by atoms with Gasteiger partial charge < -0.3 is 35.8 Å². The average Bonchev–Trinajstić information content (AvgIpc) is 2.92. The van der Waals surface area contributed by atoms with Crippen LogP contribution in [0, 0.1) is 0 Å². The Hall–Kier alpha value is -3.11. The molecule has 1 saturated heterocycles. The van der Waals surface area contributed by atoms with Crippen molar-refractivity contribution in [3.8, 4) is 11.5 Å². The number of hydrogen-bond donors (Lipinski definition) is 3. The monoisotopic (exact) mass is 527 g/mol. The number of aromatic nitrogens is 2. The number of anilines is 3. The molecule has 1 aliphatic heterocycles. The van der Waals surface area contributed by atoms with E-state index in [4.69, 9.17) is 20.9 Å². The molecule has 210 valence electrons. The number of piperidine rings is 1. The molecule has 3 rings (SSSR count). The van der Waals surface area contributed by atoms with Crippen molar-refractivity contribution in [1.82, 2.24) is 14.9 Å². The number of methoxy groups -OCH3 is 2. The fourth-order valence-corrected chi connectivity index (χ4v) is 5.01. The lowest BCUT2D eigenvalue weighted by Crippen LogP contribution is -2.37. The molecular formula is C28H45N7O3. The second kappa shape index (κ2) is 14.2. The largest absolute Gasteiger partial charge is 0.496 e. The molecule has 5 N–H and O–H groups in total. The van der Waals surface area contributed by atoms with Crippen LogP contribution >= 0.6 is 0 Å². The van der Waals surface area contributed by atoms with Crippen LogP contribution in [0.25, 0.3) is 0 Å². The van der Waals surface area contributed by atoms with Crippen LogP contribution in [0.3, 0.4) is 0 Å². The van der Waals surface area contributed by atoms with Gasteiger partial charge in [0.05, 0.1) is 27.4 Å². The molecule has 0 amide bonds. The summed E-state index contributed by atoms with van der Waals surface area (Å²) in [5, 5.41) is 9.51. The first-order valence-corrected chi connectivity index (χ1v) is 13.6. The normalized spacial score (nSPS) is 14.9. The number of benzene rings is 1. The van der Waals surface area contributed by atoms with Gasteiger partial charge >= 0.3 is 0 Å². The molecule has 0 aliphatic carbocycles. The van der Waals surface area contributed by atoms with Gasteiger partial charge in [0.25, 0.3) is 0 Å². The fraction of sp³-hybridized carbons (Fsp3) is 0.607. The van der Waals surface area contributed by atoms with Gasteiger partial charge in [-0.1, -0.05) is 13.3 Å². The molecule has 0 saturated carbocycles. The Labute approximate surface area is 227 Å². The van der Waals surface area contributed by atoms with E-state index in [1.807, 2.05) is 11.0 Å². The molecule has 10 heteroatoms. The summed E-state index contributed by atoms with van der Waals surface area (Å²) >= 11 is 0. The molecule has 38 heavy (non-hydrogen) atoms. The SMILES string of the molecule is CCCCN(CCO)c1nc(N)nc(C=NCc2cc(OC)c(C3CCN(C(C)C)CC3)cc2OC)c1N. The van der Waals surface area contributed by atoms with Gasteiger partial charge in [-0.3, -0.25) is 4.99 Å². The van der Waals surface area contributed by atoms with E-state index in [1.165, 1.54) is 5.56 Å². The summed E-state index contributed by atoms with van der Waals surface area (Å²) < 4.78 is 11.6. The summed E-state index contributed by atoms with van der Waals surface area (Å²) in [7, 11) is 3.39. The fourth-order valence-electron chi connectivity index (χ4n) is 5.01. The quantitative estimate of drug-likeness (QED) is 0.335. The second-order valence-corrected chi connectivity index (χ2v) is 10.0. The number of hydrogen-bond acceptors (Lipinski definition) is 10. The van der Waals surface area contributed by atoms with Crippen LogP contribution in [-0.2, 0) is 6.54 Å². The van der Waals surface area contributed by atoms with E-state index in [9.17, 15) is 5.11 Å². The zero-order chi connectivity index (χ0) is 27.7. The number of nitrogens with two attached hydrogens (primary N) is 2. The number of nitrogen functional groups attached to an aromatic ring is 2. The van der Waals surface area contributed by atoms with E-state index >= 15 is 0 Å². The van der Waals surface area contributed by atoms with Gasteiger partial charge in [-0.2, -0.15) is 4.98 Å². The maximum atomic E-state index is 9.51. The average molecular weight is 528 g/mol. The van der Waals surface area contributed by atoms with E-state index in [0.717, 1.165) is 55.8 Å². The summed E-state index contributed by atoms with van der Waals surface area (Å²) in [6.07, 6.45) is 5.77. The highest BCUT2D eigenvalue weighted by Crippen LogP contribution is 2.39. The van der Waals surface area contributed by atoms with Crippen molar-refractivity contribution in [2.75, 3.05) is 63.4 Å². The van der Waals surface area contributed by atoms with Crippen molar-refractivity contribution in [1.29, 1.82) is 0 Å². The molecule has 0 radical (unpaired) electrons. The predicted octanol–water partition coefficient (Wildman–Crippen LogP) is 3.46. The van der Waals surface area contributed by atoms with Crippen molar-refractivity contribution in [2.24, 2.45) is 4.99 Å². The molecule has 1 fully saturated rings. The Morgan fingerprint density at radius 1 is 1.13 bits per heavy atom. The first kappa shape index (κ1) is 29.4. The molecule has 10 nitrogen and oxygen atoms in total. The van der Waals surface area contributed by atoms with E-state index in [-0.39, 0.29) is 12.6 Å².